The minimum atomic E-state index is -6.16. The van der Waals surface area contributed by atoms with Gasteiger partial charge in [-0.2, -0.15) is 22.0 Å². The maximum absolute atomic E-state index is 15.9. The van der Waals surface area contributed by atoms with Crippen LogP contribution in [0.25, 0.3) is 0 Å². The smallest absolute Gasteiger partial charge is 0.397 e. The summed E-state index contributed by atoms with van der Waals surface area (Å²) in [6.45, 7) is 4.31. The van der Waals surface area contributed by atoms with Gasteiger partial charge in [0.1, 0.15) is 0 Å². The van der Waals surface area contributed by atoms with Gasteiger partial charge >= 0.3 is 12.1 Å². The van der Waals surface area contributed by atoms with Crippen molar-refractivity contribution >= 4 is 22.7 Å². The molecule has 2 rings (SSSR count). The second-order valence-electron chi connectivity index (χ2n) is 6.40. The Morgan fingerprint density at radius 2 is 1.10 bits per heavy atom. The highest BCUT2D eigenvalue weighted by atomic mass is 19.4. The second kappa shape index (κ2) is 7.92. The molecule has 10 heteroatoms. The number of nitrogens with two attached hydrogens (primary N) is 2. The highest BCUT2D eigenvalue weighted by Crippen LogP contribution is 2.55. The Balaban J connectivity index is 2.74. The molecular weight excluding hydrogens is 398 g/mol. The van der Waals surface area contributed by atoms with E-state index in [0.717, 1.165) is 36.4 Å². The lowest BCUT2D eigenvalue weighted by atomic mass is 9.81. The Labute approximate surface area is 164 Å². The molecule has 0 spiro atoms. The Morgan fingerprint density at radius 1 is 0.724 bits per heavy atom. The highest BCUT2D eigenvalue weighted by Gasteiger charge is 2.72. The lowest BCUT2D eigenvalue weighted by Gasteiger charge is -2.36. The Kier molecular flexibility index (Phi) is 6.15. The van der Waals surface area contributed by atoms with Crippen LogP contribution in [0.2, 0.25) is 0 Å². The van der Waals surface area contributed by atoms with Crippen LogP contribution in [0.15, 0.2) is 36.4 Å². The van der Waals surface area contributed by atoms with Gasteiger partial charge in [0.05, 0.1) is 22.7 Å². The summed E-state index contributed by atoms with van der Waals surface area (Å²) in [5, 5.41) is 5.62. The Hall–Kier alpha value is -2.78. The minimum Gasteiger partial charge on any atom is -0.397 e. The molecule has 0 fully saturated rings. The molecule has 0 saturated carbocycles. The molecule has 2 aromatic rings. The average molecular weight is 420 g/mol. The van der Waals surface area contributed by atoms with Crippen LogP contribution in [0, 0.1) is 0 Å². The molecule has 0 aromatic heterocycles. The number of anilines is 4. The SMILES string of the molecule is CCNc1ccc(C(F)(c2ccc(NCC)c(N)c2)C(F)(F)C(F)(F)F)cc1N. The van der Waals surface area contributed by atoms with E-state index < -0.39 is 28.9 Å². The van der Waals surface area contributed by atoms with Crippen LogP contribution in [-0.4, -0.2) is 25.2 Å². The van der Waals surface area contributed by atoms with Gasteiger partial charge in [0.25, 0.3) is 0 Å². The second-order valence-corrected chi connectivity index (χ2v) is 6.40. The van der Waals surface area contributed by atoms with E-state index in [9.17, 15) is 22.0 Å². The van der Waals surface area contributed by atoms with Gasteiger partial charge in [0, 0.05) is 24.2 Å². The third kappa shape index (κ3) is 3.88. The largest absolute Gasteiger partial charge is 0.457 e. The van der Waals surface area contributed by atoms with Gasteiger partial charge in [0.15, 0.2) is 0 Å². The van der Waals surface area contributed by atoms with E-state index in [-0.39, 0.29) is 22.7 Å². The molecule has 0 unspecified atom stereocenters. The van der Waals surface area contributed by atoms with E-state index in [0.29, 0.717) is 13.1 Å². The minimum absolute atomic E-state index is 0.165. The number of nitrogen functional groups attached to an aromatic ring is 2. The van der Waals surface area contributed by atoms with Crippen molar-refractivity contribution in [2.45, 2.75) is 31.6 Å². The van der Waals surface area contributed by atoms with Crippen molar-refractivity contribution in [2.24, 2.45) is 0 Å². The molecule has 4 nitrogen and oxygen atoms in total. The van der Waals surface area contributed by atoms with Crippen molar-refractivity contribution in [2.75, 3.05) is 35.2 Å². The van der Waals surface area contributed by atoms with Gasteiger partial charge in [0.2, 0.25) is 5.67 Å². The van der Waals surface area contributed by atoms with Crippen LogP contribution in [0.4, 0.5) is 49.1 Å². The van der Waals surface area contributed by atoms with E-state index in [1.54, 1.807) is 13.8 Å². The summed E-state index contributed by atoms with van der Waals surface area (Å²) in [6, 6.07) is 5.56. The molecule has 0 saturated heterocycles. The molecule has 0 aliphatic rings. The first-order valence-electron chi connectivity index (χ1n) is 8.81. The van der Waals surface area contributed by atoms with E-state index in [2.05, 4.69) is 10.6 Å². The van der Waals surface area contributed by atoms with Crippen molar-refractivity contribution in [3.8, 4) is 0 Å². The normalized spacial score (nSPS) is 12.7. The summed E-state index contributed by atoms with van der Waals surface area (Å²) in [6.07, 6.45) is -6.16. The fraction of sp³-hybridized carbons (Fsp3) is 0.368. The van der Waals surface area contributed by atoms with Crippen molar-refractivity contribution in [1.82, 2.24) is 0 Å². The number of alkyl halides is 6. The molecule has 2 aromatic carbocycles. The molecule has 6 N–H and O–H groups in total. The summed E-state index contributed by atoms with van der Waals surface area (Å²) >= 11 is 0. The fourth-order valence-corrected chi connectivity index (χ4v) is 2.98. The molecule has 0 aliphatic heterocycles. The lowest BCUT2D eigenvalue weighted by molar-refractivity contribution is -0.323. The number of nitrogens with one attached hydrogen (secondary N) is 2. The van der Waals surface area contributed by atoms with Gasteiger partial charge in [-0.3, -0.25) is 0 Å². The average Bonchev–Trinajstić information content (AvgIpc) is 2.63. The molecule has 0 radical (unpaired) electrons. The third-order valence-electron chi connectivity index (χ3n) is 4.42. The zero-order valence-electron chi connectivity index (χ0n) is 15.8. The van der Waals surface area contributed by atoms with E-state index in [4.69, 9.17) is 11.5 Å². The monoisotopic (exact) mass is 420 g/mol. The summed E-state index contributed by atoms with van der Waals surface area (Å²) in [5.74, 6) is -5.75. The van der Waals surface area contributed by atoms with E-state index >= 15 is 4.39 Å². The number of hydrogen-bond acceptors (Lipinski definition) is 4. The molecule has 0 aliphatic carbocycles. The first kappa shape index (κ1) is 22.5. The Morgan fingerprint density at radius 3 is 1.38 bits per heavy atom. The van der Waals surface area contributed by atoms with Crippen LogP contribution in [0.1, 0.15) is 25.0 Å². The van der Waals surface area contributed by atoms with Crippen molar-refractivity contribution in [1.29, 1.82) is 0 Å². The third-order valence-corrected chi connectivity index (χ3v) is 4.42. The standard InChI is InChI=1S/C19H22F6N4/c1-3-28-15-7-5-11(9-13(15)26)17(20,18(21,22)19(23,24)25)12-6-8-16(29-4-2)14(27)10-12/h5-10,28-29H,3-4,26-27H2,1-2H3. The van der Waals surface area contributed by atoms with E-state index in [1.165, 1.54) is 0 Å². The number of halogens is 6. The van der Waals surface area contributed by atoms with Gasteiger partial charge in [-0.15, -0.1) is 0 Å². The maximum atomic E-state index is 15.9. The fourth-order valence-electron chi connectivity index (χ4n) is 2.98. The molecule has 0 amide bonds. The first-order valence-corrected chi connectivity index (χ1v) is 8.81. The maximum Gasteiger partial charge on any atom is 0.457 e. The zero-order valence-corrected chi connectivity index (χ0v) is 15.8. The van der Waals surface area contributed by atoms with Gasteiger partial charge in [-0.05, 0) is 38.1 Å². The van der Waals surface area contributed by atoms with Crippen LogP contribution in [0.5, 0.6) is 0 Å². The van der Waals surface area contributed by atoms with Crippen LogP contribution in [0.3, 0.4) is 0 Å². The van der Waals surface area contributed by atoms with Crippen LogP contribution >= 0.6 is 0 Å². The predicted molar refractivity (Wildman–Crippen MR) is 103 cm³/mol. The highest BCUT2D eigenvalue weighted by molar-refractivity contribution is 5.70. The van der Waals surface area contributed by atoms with Crippen LogP contribution in [-0.2, 0) is 5.67 Å². The van der Waals surface area contributed by atoms with Crippen molar-refractivity contribution in [3.05, 3.63) is 47.5 Å². The van der Waals surface area contributed by atoms with E-state index in [1.807, 2.05) is 0 Å². The molecule has 160 valence electrons. The molecule has 0 atom stereocenters. The molecular formula is C19H22F6N4. The lowest BCUT2D eigenvalue weighted by Crippen LogP contribution is -2.53. The van der Waals surface area contributed by atoms with Crippen LogP contribution < -0.4 is 22.1 Å². The molecule has 0 bridgehead atoms. The zero-order chi connectivity index (χ0) is 22.0. The Bertz CT molecular complexity index is 811. The molecule has 0 heterocycles. The van der Waals surface area contributed by atoms with Gasteiger partial charge in [-0.1, -0.05) is 12.1 Å². The number of hydrogen-bond donors (Lipinski definition) is 4. The summed E-state index contributed by atoms with van der Waals surface area (Å²) in [7, 11) is 0. The van der Waals surface area contributed by atoms with Crippen molar-refractivity contribution < 1.29 is 26.3 Å². The topological polar surface area (TPSA) is 76.1 Å². The first-order chi connectivity index (χ1) is 13.4. The molecule has 29 heavy (non-hydrogen) atoms. The summed E-state index contributed by atoms with van der Waals surface area (Å²) in [5.41, 5.74) is 5.60. The quantitative estimate of drug-likeness (QED) is 0.370. The van der Waals surface area contributed by atoms with Gasteiger partial charge < -0.3 is 22.1 Å². The predicted octanol–water partition coefficient (Wildman–Crippen LogP) is 5.13. The van der Waals surface area contributed by atoms with Crippen molar-refractivity contribution in [3.63, 3.8) is 0 Å². The summed E-state index contributed by atoms with van der Waals surface area (Å²) < 4.78 is 84.6. The number of rotatable bonds is 7. The summed E-state index contributed by atoms with van der Waals surface area (Å²) in [4.78, 5) is 0. The number of benzene rings is 2. The van der Waals surface area contributed by atoms with Gasteiger partial charge in [-0.25, -0.2) is 4.39 Å².